The Balaban J connectivity index is 2.34. The Labute approximate surface area is 93.8 Å². The van der Waals surface area contributed by atoms with Gasteiger partial charge in [-0.3, -0.25) is 0 Å². The van der Waals surface area contributed by atoms with Crippen LogP contribution >= 0.6 is 0 Å². The maximum atomic E-state index is 9.21. The van der Waals surface area contributed by atoms with Crippen LogP contribution < -0.4 is 0 Å². The summed E-state index contributed by atoms with van der Waals surface area (Å²) in [5.41, 5.74) is 2.69. The molecule has 0 bridgehead atoms. The number of aliphatic hydroxyl groups excluding tert-OH is 2. The molecule has 2 N–H and O–H groups in total. The van der Waals surface area contributed by atoms with E-state index in [0.29, 0.717) is 6.42 Å². The molecule has 0 aliphatic rings. The first-order chi connectivity index (χ1) is 7.85. The van der Waals surface area contributed by atoms with E-state index < -0.39 is 0 Å². The number of aliphatic hydroxyl groups is 2. The third-order valence-corrected chi connectivity index (χ3v) is 2.45. The van der Waals surface area contributed by atoms with Crippen LogP contribution in [0.1, 0.15) is 11.1 Å². The molecule has 84 valence electrons. The summed E-state index contributed by atoms with van der Waals surface area (Å²) < 4.78 is 1.72. The molecule has 4 nitrogen and oxygen atoms in total. The van der Waals surface area contributed by atoms with Crippen molar-refractivity contribution >= 4 is 0 Å². The van der Waals surface area contributed by atoms with E-state index in [-0.39, 0.29) is 13.2 Å². The molecule has 0 spiro atoms. The highest BCUT2D eigenvalue weighted by Crippen LogP contribution is 2.14. The molecular formula is C12H14N2O2. The van der Waals surface area contributed by atoms with Crippen molar-refractivity contribution in [2.75, 3.05) is 6.61 Å². The van der Waals surface area contributed by atoms with Crippen LogP contribution in [-0.4, -0.2) is 26.6 Å². The van der Waals surface area contributed by atoms with Crippen molar-refractivity contribution in [3.63, 3.8) is 0 Å². The SMILES string of the molecule is OCCc1cnn(-c2ccccc2CO)c1. The summed E-state index contributed by atoms with van der Waals surface area (Å²) in [5, 5.41) is 22.2. The lowest BCUT2D eigenvalue weighted by atomic mass is 10.2. The molecule has 0 aliphatic carbocycles. The van der Waals surface area contributed by atoms with Crippen molar-refractivity contribution in [2.24, 2.45) is 0 Å². The lowest BCUT2D eigenvalue weighted by molar-refractivity contribution is 0.281. The van der Waals surface area contributed by atoms with E-state index in [9.17, 15) is 5.11 Å². The zero-order valence-electron chi connectivity index (χ0n) is 8.87. The zero-order valence-corrected chi connectivity index (χ0v) is 8.87. The molecule has 2 rings (SSSR count). The minimum absolute atomic E-state index is 0.00856. The highest BCUT2D eigenvalue weighted by atomic mass is 16.3. The second-order valence-electron chi connectivity index (χ2n) is 3.55. The van der Waals surface area contributed by atoms with Crippen LogP contribution in [0.2, 0.25) is 0 Å². The summed E-state index contributed by atoms with van der Waals surface area (Å²) in [6.45, 7) is 0.110. The fourth-order valence-corrected chi connectivity index (χ4v) is 1.62. The van der Waals surface area contributed by atoms with Gasteiger partial charge < -0.3 is 10.2 Å². The van der Waals surface area contributed by atoms with Crippen molar-refractivity contribution in [1.29, 1.82) is 0 Å². The average molecular weight is 218 g/mol. The minimum atomic E-state index is -0.00856. The Morgan fingerprint density at radius 1 is 1.19 bits per heavy atom. The van der Waals surface area contributed by atoms with E-state index >= 15 is 0 Å². The van der Waals surface area contributed by atoms with E-state index in [1.54, 1.807) is 10.9 Å². The van der Waals surface area contributed by atoms with Gasteiger partial charge in [0.05, 0.1) is 18.5 Å². The number of rotatable bonds is 4. The number of aromatic nitrogens is 2. The Morgan fingerprint density at radius 2 is 2.00 bits per heavy atom. The Morgan fingerprint density at radius 3 is 2.75 bits per heavy atom. The molecule has 0 amide bonds. The van der Waals surface area contributed by atoms with Crippen LogP contribution in [0.3, 0.4) is 0 Å². The monoisotopic (exact) mass is 218 g/mol. The molecular weight excluding hydrogens is 204 g/mol. The van der Waals surface area contributed by atoms with E-state index in [1.165, 1.54) is 0 Å². The second-order valence-corrected chi connectivity index (χ2v) is 3.55. The van der Waals surface area contributed by atoms with Gasteiger partial charge in [-0.15, -0.1) is 0 Å². The van der Waals surface area contributed by atoms with Gasteiger partial charge >= 0.3 is 0 Å². The van der Waals surface area contributed by atoms with Crippen molar-refractivity contribution in [3.05, 3.63) is 47.8 Å². The smallest absolute Gasteiger partial charge is 0.0702 e. The number of nitrogens with zero attached hydrogens (tertiary/aromatic N) is 2. The van der Waals surface area contributed by atoms with Gasteiger partial charge in [-0.2, -0.15) is 5.10 Å². The van der Waals surface area contributed by atoms with Crippen LogP contribution in [0.4, 0.5) is 0 Å². The van der Waals surface area contributed by atoms with Crippen LogP contribution in [0.15, 0.2) is 36.7 Å². The normalized spacial score (nSPS) is 10.6. The molecule has 0 saturated heterocycles. The predicted octanol–water partition coefficient (Wildman–Crippen LogP) is 0.899. The van der Waals surface area contributed by atoms with Crippen LogP contribution in [0, 0.1) is 0 Å². The average Bonchev–Trinajstić information content (AvgIpc) is 2.78. The molecule has 0 unspecified atom stereocenters. The summed E-state index contributed by atoms with van der Waals surface area (Å²) in [4.78, 5) is 0. The first-order valence-electron chi connectivity index (χ1n) is 5.18. The lowest BCUT2D eigenvalue weighted by Crippen LogP contribution is -1.99. The van der Waals surface area contributed by atoms with Gasteiger partial charge in [-0.05, 0) is 18.1 Å². The number of para-hydroxylation sites is 1. The molecule has 0 fully saturated rings. The lowest BCUT2D eigenvalue weighted by Gasteiger charge is -2.06. The standard InChI is InChI=1S/C12H14N2O2/c15-6-5-10-7-13-14(8-10)12-4-2-1-3-11(12)9-16/h1-4,7-8,15-16H,5-6,9H2. The van der Waals surface area contributed by atoms with Gasteiger partial charge in [0.25, 0.3) is 0 Å². The van der Waals surface area contributed by atoms with Gasteiger partial charge in [0.15, 0.2) is 0 Å². The van der Waals surface area contributed by atoms with Gasteiger partial charge in [-0.1, -0.05) is 18.2 Å². The topological polar surface area (TPSA) is 58.3 Å². The fourth-order valence-electron chi connectivity index (χ4n) is 1.62. The summed E-state index contributed by atoms with van der Waals surface area (Å²) in [7, 11) is 0. The number of benzene rings is 1. The highest BCUT2D eigenvalue weighted by Gasteiger charge is 2.04. The summed E-state index contributed by atoms with van der Waals surface area (Å²) in [5.74, 6) is 0. The van der Waals surface area contributed by atoms with Gasteiger partial charge in [-0.25, -0.2) is 4.68 Å². The molecule has 1 aromatic carbocycles. The largest absolute Gasteiger partial charge is 0.396 e. The Hall–Kier alpha value is -1.65. The van der Waals surface area contributed by atoms with E-state index in [2.05, 4.69) is 5.10 Å². The molecule has 1 heterocycles. The maximum absolute atomic E-state index is 9.21. The summed E-state index contributed by atoms with van der Waals surface area (Å²) in [6, 6.07) is 7.55. The minimum Gasteiger partial charge on any atom is -0.396 e. The van der Waals surface area contributed by atoms with Crippen LogP contribution in [-0.2, 0) is 13.0 Å². The van der Waals surface area contributed by atoms with Crippen LogP contribution in [0.5, 0.6) is 0 Å². The molecule has 0 atom stereocenters. The first-order valence-corrected chi connectivity index (χ1v) is 5.18. The second kappa shape index (κ2) is 4.92. The molecule has 16 heavy (non-hydrogen) atoms. The van der Waals surface area contributed by atoms with E-state index in [1.807, 2.05) is 30.5 Å². The maximum Gasteiger partial charge on any atom is 0.0702 e. The Bertz CT molecular complexity index is 466. The van der Waals surface area contributed by atoms with Crippen LogP contribution in [0.25, 0.3) is 5.69 Å². The predicted molar refractivity (Wildman–Crippen MR) is 60.3 cm³/mol. The first kappa shape index (κ1) is 10.9. The third-order valence-electron chi connectivity index (χ3n) is 2.45. The van der Waals surface area contributed by atoms with E-state index in [4.69, 9.17) is 5.11 Å². The zero-order chi connectivity index (χ0) is 11.4. The molecule has 2 aromatic rings. The third kappa shape index (κ3) is 2.13. The summed E-state index contributed by atoms with van der Waals surface area (Å²) >= 11 is 0. The van der Waals surface area contributed by atoms with Gasteiger partial charge in [0, 0.05) is 18.4 Å². The Kier molecular flexibility index (Phi) is 3.34. The van der Waals surface area contributed by atoms with Crippen molar-refractivity contribution < 1.29 is 10.2 Å². The fraction of sp³-hybridized carbons (Fsp3) is 0.250. The summed E-state index contributed by atoms with van der Waals surface area (Å²) in [6.07, 6.45) is 4.19. The van der Waals surface area contributed by atoms with Crippen molar-refractivity contribution in [1.82, 2.24) is 9.78 Å². The molecule has 0 aliphatic heterocycles. The van der Waals surface area contributed by atoms with Crippen molar-refractivity contribution in [2.45, 2.75) is 13.0 Å². The van der Waals surface area contributed by atoms with E-state index in [0.717, 1.165) is 16.8 Å². The van der Waals surface area contributed by atoms with Gasteiger partial charge in [0.2, 0.25) is 0 Å². The molecule has 0 saturated carbocycles. The number of hydrogen-bond acceptors (Lipinski definition) is 3. The number of hydrogen-bond donors (Lipinski definition) is 2. The molecule has 0 radical (unpaired) electrons. The van der Waals surface area contributed by atoms with Crippen molar-refractivity contribution in [3.8, 4) is 5.69 Å². The molecule has 4 heteroatoms. The molecule has 1 aromatic heterocycles. The highest BCUT2D eigenvalue weighted by molar-refractivity contribution is 5.40. The van der Waals surface area contributed by atoms with Gasteiger partial charge in [0.1, 0.15) is 0 Å². The quantitative estimate of drug-likeness (QED) is 0.801.